The number of rotatable bonds is 7. The van der Waals surface area contributed by atoms with Crippen LogP contribution in [0.2, 0.25) is 0 Å². The predicted molar refractivity (Wildman–Crippen MR) is 93.4 cm³/mol. The largest absolute Gasteiger partial charge is 0.340 e. The molecule has 1 amide bonds. The molecule has 0 saturated heterocycles. The summed E-state index contributed by atoms with van der Waals surface area (Å²) in [6, 6.07) is 6.48. The monoisotopic (exact) mass is 394 g/mol. The molecule has 0 radical (unpaired) electrons. The number of thiophene rings is 1. The van der Waals surface area contributed by atoms with Gasteiger partial charge in [-0.25, -0.2) is 13.8 Å². The molecule has 0 aliphatic rings. The van der Waals surface area contributed by atoms with Gasteiger partial charge in [0.2, 0.25) is 5.82 Å². The normalized spacial score (nSPS) is 11.5. The van der Waals surface area contributed by atoms with E-state index in [2.05, 4.69) is 26.0 Å². The van der Waals surface area contributed by atoms with E-state index < -0.39 is 15.9 Å². The first-order chi connectivity index (χ1) is 12.5. The van der Waals surface area contributed by atoms with Gasteiger partial charge in [0.25, 0.3) is 15.9 Å². The van der Waals surface area contributed by atoms with Crippen LogP contribution in [0.4, 0.5) is 6.01 Å². The maximum absolute atomic E-state index is 12.3. The Morgan fingerprint density at radius 3 is 2.77 bits per heavy atom. The summed E-state index contributed by atoms with van der Waals surface area (Å²) in [5.41, 5.74) is 5.46. The number of sulfonamides is 1. The van der Waals surface area contributed by atoms with Crippen molar-refractivity contribution in [2.24, 2.45) is 0 Å². The maximum atomic E-state index is 12.3. The number of likely N-dealkylation sites (N-methyl/N-ethyl adjacent to an activating group) is 1. The second-order valence-electron chi connectivity index (χ2n) is 5.03. The SMILES string of the molecule is CN(CC(=O)NNc1nc(-c2ccncc2)no1)S(=O)(=O)c1cccs1. The summed E-state index contributed by atoms with van der Waals surface area (Å²) in [7, 11) is -2.38. The Balaban J connectivity index is 1.55. The van der Waals surface area contributed by atoms with Crippen molar-refractivity contribution in [3.05, 3.63) is 42.0 Å². The number of pyridine rings is 1. The molecular formula is C14H14N6O4S2. The number of anilines is 1. The highest BCUT2D eigenvalue weighted by molar-refractivity contribution is 7.91. The summed E-state index contributed by atoms with van der Waals surface area (Å²) >= 11 is 1.08. The quantitative estimate of drug-likeness (QED) is 0.567. The molecule has 3 heterocycles. The van der Waals surface area contributed by atoms with E-state index in [9.17, 15) is 13.2 Å². The van der Waals surface area contributed by atoms with E-state index in [1.165, 1.54) is 13.1 Å². The van der Waals surface area contributed by atoms with Crippen molar-refractivity contribution in [2.75, 3.05) is 19.0 Å². The molecule has 0 unspecified atom stereocenters. The van der Waals surface area contributed by atoms with Crippen molar-refractivity contribution in [1.82, 2.24) is 24.9 Å². The third-order valence-corrected chi connectivity index (χ3v) is 6.38. The van der Waals surface area contributed by atoms with Gasteiger partial charge in [-0.2, -0.15) is 9.29 Å². The number of carbonyl (C=O) groups excluding carboxylic acids is 1. The highest BCUT2D eigenvalue weighted by atomic mass is 32.2. The van der Waals surface area contributed by atoms with Crippen molar-refractivity contribution in [3.8, 4) is 11.4 Å². The number of amides is 1. The summed E-state index contributed by atoms with van der Waals surface area (Å²) in [5, 5.41) is 5.42. The van der Waals surface area contributed by atoms with Crippen molar-refractivity contribution in [2.45, 2.75) is 4.21 Å². The molecular weight excluding hydrogens is 380 g/mol. The minimum atomic E-state index is -3.70. The van der Waals surface area contributed by atoms with Gasteiger partial charge in [-0.15, -0.1) is 11.3 Å². The van der Waals surface area contributed by atoms with Gasteiger partial charge in [-0.05, 0) is 23.6 Å². The molecule has 0 atom stereocenters. The van der Waals surface area contributed by atoms with Crippen LogP contribution >= 0.6 is 11.3 Å². The lowest BCUT2D eigenvalue weighted by molar-refractivity contribution is -0.120. The van der Waals surface area contributed by atoms with Crippen molar-refractivity contribution < 1.29 is 17.7 Å². The first-order valence-corrected chi connectivity index (χ1v) is 9.57. The smallest absolute Gasteiger partial charge is 0.313 e. The molecule has 0 aliphatic carbocycles. The van der Waals surface area contributed by atoms with Gasteiger partial charge >= 0.3 is 6.01 Å². The highest BCUT2D eigenvalue weighted by Crippen LogP contribution is 2.19. The number of hydrogen-bond donors (Lipinski definition) is 2. The van der Waals surface area contributed by atoms with Crippen LogP contribution in [-0.4, -0.2) is 47.3 Å². The van der Waals surface area contributed by atoms with E-state index in [-0.39, 0.29) is 16.8 Å². The third kappa shape index (κ3) is 4.04. The first kappa shape index (κ1) is 18.0. The molecule has 3 rings (SSSR count). The number of hydrogen-bond acceptors (Lipinski definition) is 9. The fourth-order valence-electron chi connectivity index (χ4n) is 1.91. The number of hydrazine groups is 1. The second-order valence-corrected chi connectivity index (χ2v) is 8.24. The summed E-state index contributed by atoms with van der Waals surface area (Å²) in [5.74, 6) is -0.266. The summed E-state index contributed by atoms with van der Waals surface area (Å²) < 4.78 is 30.6. The molecule has 0 fully saturated rings. The van der Waals surface area contributed by atoms with Crippen LogP contribution in [0.1, 0.15) is 0 Å². The van der Waals surface area contributed by atoms with Gasteiger partial charge in [-0.1, -0.05) is 11.2 Å². The number of nitrogens with one attached hydrogen (secondary N) is 2. The molecule has 10 nitrogen and oxygen atoms in total. The van der Waals surface area contributed by atoms with E-state index in [1.807, 2.05) is 0 Å². The van der Waals surface area contributed by atoms with E-state index >= 15 is 0 Å². The average Bonchev–Trinajstić information content (AvgIpc) is 3.33. The summed E-state index contributed by atoms with van der Waals surface area (Å²) in [4.78, 5) is 19.9. The molecule has 2 N–H and O–H groups in total. The molecule has 0 saturated carbocycles. The van der Waals surface area contributed by atoms with E-state index in [1.54, 1.807) is 36.0 Å². The summed E-state index contributed by atoms with van der Waals surface area (Å²) in [6.07, 6.45) is 3.18. The molecule has 0 bridgehead atoms. The maximum Gasteiger partial charge on any atom is 0.340 e. The zero-order valence-electron chi connectivity index (χ0n) is 13.5. The van der Waals surface area contributed by atoms with Crippen molar-refractivity contribution >= 4 is 33.3 Å². The Kier molecular flexibility index (Phi) is 5.25. The Morgan fingerprint density at radius 1 is 1.31 bits per heavy atom. The van der Waals surface area contributed by atoms with E-state index in [0.717, 1.165) is 15.6 Å². The molecule has 3 aromatic heterocycles. The Hall–Kier alpha value is -2.83. The van der Waals surface area contributed by atoms with Crippen LogP contribution in [0.5, 0.6) is 0 Å². The van der Waals surface area contributed by atoms with Crippen LogP contribution in [0, 0.1) is 0 Å². The molecule has 0 spiro atoms. The minimum Gasteiger partial charge on any atom is -0.313 e. The lowest BCUT2D eigenvalue weighted by atomic mass is 10.3. The molecule has 3 aromatic rings. The standard InChI is InChI=1S/C14H14N6O4S2/c1-20(26(22,23)12-3-2-8-25-12)9-11(21)17-18-14-16-13(19-24-14)10-4-6-15-7-5-10/h2-8H,9H2,1H3,(H,17,21)(H,16,18,19). The second kappa shape index (κ2) is 7.59. The lowest BCUT2D eigenvalue weighted by Gasteiger charge is -2.15. The zero-order valence-corrected chi connectivity index (χ0v) is 15.1. The van der Waals surface area contributed by atoms with Gasteiger partial charge in [0.15, 0.2) is 0 Å². The number of aromatic nitrogens is 3. The van der Waals surface area contributed by atoms with Gasteiger partial charge < -0.3 is 4.52 Å². The van der Waals surface area contributed by atoms with Crippen LogP contribution in [0.25, 0.3) is 11.4 Å². The molecule has 0 aliphatic heterocycles. The number of carbonyl (C=O) groups is 1. The van der Waals surface area contributed by atoms with Crippen molar-refractivity contribution in [1.29, 1.82) is 0 Å². The fourth-order valence-corrected chi connectivity index (χ4v) is 4.23. The predicted octanol–water partition coefficient (Wildman–Crippen LogP) is 0.957. The fraction of sp³-hybridized carbons (Fsp3) is 0.143. The topological polar surface area (TPSA) is 130 Å². The van der Waals surface area contributed by atoms with E-state index in [4.69, 9.17) is 4.52 Å². The molecule has 0 aromatic carbocycles. The van der Waals surface area contributed by atoms with Crippen molar-refractivity contribution in [3.63, 3.8) is 0 Å². The first-order valence-electron chi connectivity index (χ1n) is 7.25. The number of nitrogens with zero attached hydrogens (tertiary/aromatic N) is 4. The van der Waals surface area contributed by atoms with Gasteiger partial charge in [0, 0.05) is 25.0 Å². The molecule has 136 valence electrons. The Morgan fingerprint density at radius 2 is 2.08 bits per heavy atom. The summed E-state index contributed by atoms with van der Waals surface area (Å²) in [6.45, 7) is -0.376. The molecule has 26 heavy (non-hydrogen) atoms. The van der Waals surface area contributed by atoms with E-state index in [0.29, 0.717) is 11.4 Å². The Bertz CT molecular complexity index is 972. The van der Waals surface area contributed by atoms with Crippen LogP contribution in [-0.2, 0) is 14.8 Å². The average molecular weight is 394 g/mol. The molecule has 12 heteroatoms. The highest BCUT2D eigenvalue weighted by Gasteiger charge is 2.23. The van der Waals surface area contributed by atoms with Crippen LogP contribution in [0.3, 0.4) is 0 Å². The van der Waals surface area contributed by atoms with Gasteiger partial charge in [0.05, 0.1) is 6.54 Å². The third-order valence-electron chi connectivity index (χ3n) is 3.20. The Labute approximate surface area is 152 Å². The van der Waals surface area contributed by atoms with Crippen LogP contribution < -0.4 is 10.9 Å². The minimum absolute atomic E-state index is 0.0334. The van der Waals surface area contributed by atoms with Gasteiger partial charge in [0.1, 0.15) is 4.21 Å². The lowest BCUT2D eigenvalue weighted by Crippen LogP contribution is -2.40. The van der Waals surface area contributed by atoms with Crippen LogP contribution in [0.15, 0.2) is 50.8 Å². The van der Waals surface area contributed by atoms with Gasteiger partial charge in [-0.3, -0.25) is 15.2 Å². The zero-order chi connectivity index (χ0) is 18.6.